The molecule has 2 N–H and O–H groups in total. The number of rotatable bonds is 4. The summed E-state index contributed by atoms with van der Waals surface area (Å²) in [5, 5.41) is 9.86. The van der Waals surface area contributed by atoms with Gasteiger partial charge in [0.25, 0.3) is 5.91 Å². The Hall–Kier alpha value is -1.92. The first-order chi connectivity index (χ1) is 10.2. The van der Waals surface area contributed by atoms with Crippen molar-refractivity contribution in [2.75, 3.05) is 6.54 Å². The van der Waals surface area contributed by atoms with Gasteiger partial charge in [-0.25, -0.2) is 4.98 Å². The quantitative estimate of drug-likeness (QED) is 0.847. The number of carbonyl (C=O) groups is 2. The number of aromatic nitrogens is 3. The van der Waals surface area contributed by atoms with Crippen LogP contribution in [-0.2, 0) is 4.79 Å². The van der Waals surface area contributed by atoms with Gasteiger partial charge < -0.3 is 10.2 Å². The molecular formula is C14H19N5O2. The molecule has 1 saturated heterocycles. The highest BCUT2D eigenvalue weighted by Gasteiger charge is 2.38. The fourth-order valence-corrected chi connectivity index (χ4v) is 2.85. The molecule has 2 heterocycles. The van der Waals surface area contributed by atoms with Gasteiger partial charge in [-0.05, 0) is 38.5 Å². The Labute approximate surface area is 122 Å². The lowest BCUT2D eigenvalue weighted by atomic mass is 10.2. The van der Waals surface area contributed by atoms with Crippen LogP contribution in [0.2, 0.25) is 0 Å². The van der Waals surface area contributed by atoms with Crippen molar-refractivity contribution in [3.05, 3.63) is 11.6 Å². The predicted molar refractivity (Wildman–Crippen MR) is 73.6 cm³/mol. The molecule has 7 heteroatoms. The molecule has 0 aromatic carbocycles. The highest BCUT2D eigenvalue weighted by atomic mass is 16.2. The molecule has 1 unspecified atom stereocenters. The van der Waals surface area contributed by atoms with Crippen LogP contribution >= 0.6 is 0 Å². The molecule has 2 aliphatic carbocycles. The van der Waals surface area contributed by atoms with Crippen LogP contribution in [0.5, 0.6) is 0 Å². The average Bonchev–Trinajstić information content (AvgIpc) is 3.39. The van der Waals surface area contributed by atoms with E-state index in [4.69, 9.17) is 0 Å². The average molecular weight is 289 g/mol. The van der Waals surface area contributed by atoms with Gasteiger partial charge in [0.15, 0.2) is 0 Å². The molecule has 3 aliphatic rings. The Bertz CT molecular complexity index is 576. The van der Waals surface area contributed by atoms with Gasteiger partial charge in [-0.3, -0.25) is 14.7 Å². The Balaban J connectivity index is 1.47. The van der Waals surface area contributed by atoms with Crippen molar-refractivity contribution in [2.45, 2.75) is 56.5 Å². The van der Waals surface area contributed by atoms with Crippen molar-refractivity contribution in [3.8, 4) is 0 Å². The van der Waals surface area contributed by atoms with Gasteiger partial charge in [-0.2, -0.15) is 0 Å². The van der Waals surface area contributed by atoms with E-state index >= 15 is 0 Å². The minimum atomic E-state index is -0.360. The zero-order valence-corrected chi connectivity index (χ0v) is 11.8. The lowest BCUT2D eigenvalue weighted by molar-refractivity contribution is -0.125. The molecule has 1 aromatic rings. The van der Waals surface area contributed by atoms with Crippen molar-refractivity contribution in [2.24, 2.45) is 0 Å². The number of carbonyl (C=O) groups excluding carboxylic acids is 2. The SMILES string of the molecule is O=C(NC1CC1)C1CCCN1C(=O)c1n[nH]c(C2CC2)n1. The smallest absolute Gasteiger partial charge is 0.294 e. The number of aromatic amines is 1. The molecule has 0 radical (unpaired) electrons. The van der Waals surface area contributed by atoms with E-state index in [1.54, 1.807) is 4.90 Å². The number of likely N-dealkylation sites (tertiary alicyclic amines) is 1. The number of amides is 2. The van der Waals surface area contributed by atoms with Crippen LogP contribution in [0.1, 0.15) is 60.9 Å². The molecule has 2 amide bonds. The van der Waals surface area contributed by atoms with Crippen LogP contribution in [0.15, 0.2) is 0 Å². The number of nitrogens with one attached hydrogen (secondary N) is 2. The highest BCUT2D eigenvalue weighted by Crippen LogP contribution is 2.37. The van der Waals surface area contributed by atoms with Crippen molar-refractivity contribution in [1.29, 1.82) is 0 Å². The second-order valence-corrected chi connectivity index (χ2v) is 6.26. The third-order valence-corrected chi connectivity index (χ3v) is 4.40. The summed E-state index contributed by atoms with van der Waals surface area (Å²) >= 11 is 0. The van der Waals surface area contributed by atoms with Crippen molar-refractivity contribution < 1.29 is 9.59 Å². The summed E-state index contributed by atoms with van der Waals surface area (Å²) in [5.41, 5.74) is 0. The molecule has 4 rings (SSSR count). The standard InChI is InChI=1S/C14H19N5O2/c20-13(15-9-5-6-9)10-2-1-7-19(10)14(21)12-16-11(17-18-12)8-3-4-8/h8-10H,1-7H2,(H,15,20)(H,16,17,18). The molecule has 3 fully saturated rings. The molecular weight excluding hydrogens is 270 g/mol. The fourth-order valence-electron chi connectivity index (χ4n) is 2.85. The summed E-state index contributed by atoms with van der Waals surface area (Å²) in [7, 11) is 0. The summed E-state index contributed by atoms with van der Waals surface area (Å²) in [6.07, 6.45) is 5.91. The molecule has 7 nitrogen and oxygen atoms in total. The Kier molecular flexibility index (Phi) is 2.94. The zero-order chi connectivity index (χ0) is 14.4. The Morgan fingerprint density at radius 3 is 2.71 bits per heavy atom. The van der Waals surface area contributed by atoms with Gasteiger partial charge >= 0.3 is 0 Å². The molecule has 1 aliphatic heterocycles. The van der Waals surface area contributed by atoms with E-state index in [0.29, 0.717) is 18.5 Å². The van der Waals surface area contributed by atoms with Gasteiger partial charge in [-0.1, -0.05) is 0 Å². The van der Waals surface area contributed by atoms with E-state index in [9.17, 15) is 9.59 Å². The topological polar surface area (TPSA) is 91.0 Å². The zero-order valence-electron chi connectivity index (χ0n) is 11.8. The molecule has 1 aromatic heterocycles. The minimum absolute atomic E-state index is 0.0266. The summed E-state index contributed by atoms with van der Waals surface area (Å²) < 4.78 is 0. The second-order valence-electron chi connectivity index (χ2n) is 6.26. The van der Waals surface area contributed by atoms with Crippen molar-refractivity contribution in [1.82, 2.24) is 25.4 Å². The lowest BCUT2D eigenvalue weighted by Crippen LogP contribution is -2.46. The monoisotopic (exact) mass is 289 g/mol. The predicted octanol–water partition coefficient (Wildman–Crippen LogP) is 0.565. The first-order valence-corrected chi connectivity index (χ1v) is 7.76. The van der Waals surface area contributed by atoms with Crippen LogP contribution in [-0.4, -0.2) is 50.5 Å². The Morgan fingerprint density at radius 1 is 1.19 bits per heavy atom. The van der Waals surface area contributed by atoms with Gasteiger partial charge in [0.2, 0.25) is 11.7 Å². The third-order valence-electron chi connectivity index (χ3n) is 4.40. The van der Waals surface area contributed by atoms with Gasteiger partial charge in [0.1, 0.15) is 11.9 Å². The van der Waals surface area contributed by atoms with E-state index in [-0.39, 0.29) is 23.7 Å². The van der Waals surface area contributed by atoms with Crippen LogP contribution in [0.4, 0.5) is 0 Å². The summed E-state index contributed by atoms with van der Waals surface area (Å²) in [6, 6.07) is -0.0407. The summed E-state index contributed by atoms with van der Waals surface area (Å²) in [4.78, 5) is 30.6. The number of hydrogen-bond acceptors (Lipinski definition) is 4. The van der Waals surface area contributed by atoms with Crippen LogP contribution in [0.25, 0.3) is 0 Å². The first-order valence-electron chi connectivity index (χ1n) is 7.76. The van der Waals surface area contributed by atoms with E-state index < -0.39 is 0 Å². The lowest BCUT2D eigenvalue weighted by Gasteiger charge is -2.22. The molecule has 0 bridgehead atoms. The maximum Gasteiger partial charge on any atom is 0.294 e. The van der Waals surface area contributed by atoms with E-state index in [1.807, 2.05) is 0 Å². The van der Waals surface area contributed by atoms with Crippen LogP contribution in [0, 0.1) is 0 Å². The van der Waals surface area contributed by atoms with Crippen molar-refractivity contribution >= 4 is 11.8 Å². The van der Waals surface area contributed by atoms with Crippen LogP contribution < -0.4 is 5.32 Å². The largest absolute Gasteiger partial charge is 0.352 e. The van der Waals surface area contributed by atoms with E-state index in [0.717, 1.165) is 44.3 Å². The molecule has 0 spiro atoms. The number of nitrogens with zero attached hydrogens (tertiary/aromatic N) is 3. The normalized spacial score (nSPS) is 25.1. The Morgan fingerprint density at radius 2 is 2.00 bits per heavy atom. The van der Waals surface area contributed by atoms with Gasteiger partial charge in [-0.15, -0.1) is 5.10 Å². The van der Waals surface area contributed by atoms with Gasteiger partial charge in [0, 0.05) is 18.5 Å². The maximum atomic E-state index is 12.5. The maximum absolute atomic E-state index is 12.5. The highest BCUT2D eigenvalue weighted by molar-refractivity contribution is 5.95. The van der Waals surface area contributed by atoms with E-state index in [2.05, 4.69) is 20.5 Å². The second kappa shape index (κ2) is 4.82. The molecule has 112 valence electrons. The van der Waals surface area contributed by atoms with Gasteiger partial charge in [0.05, 0.1) is 0 Å². The van der Waals surface area contributed by atoms with Crippen molar-refractivity contribution in [3.63, 3.8) is 0 Å². The fraction of sp³-hybridized carbons (Fsp3) is 0.714. The molecule has 2 saturated carbocycles. The molecule has 21 heavy (non-hydrogen) atoms. The first kappa shape index (κ1) is 12.8. The number of hydrogen-bond donors (Lipinski definition) is 2. The van der Waals surface area contributed by atoms with E-state index in [1.165, 1.54) is 0 Å². The van der Waals surface area contributed by atoms with Crippen LogP contribution in [0.3, 0.4) is 0 Å². The molecule has 1 atom stereocenters. The summed E-state index contributed by atoms with van der Waals surface area (Å²) in [6.45, 7) is 0.606. The summed E-state index contributed by atoms with van der Waals surface area (Å²) in [5.74, 6) is 1.18. The third kappa shape index (κ3) is 2.52. The minimum Gasteiger partial charge on any atom is -0.352 e. The number of H-pyrrole nitrogens is 1.